The van der Waals surface area contributed by atoms with Gasteiger partial charge in [0.2, 0.25) is 0 Å². The van der Waals surface area contributed by atoms with E-state index < -0.39 is 11.9 Å². The zero-order chi connectivity index (χ0) is 23.1. The molecule has 10 heteroatoms. The van der Waals surface area contributed by atoms with E-state index in [0.717, 1.165) is 8.95 Å². The van der Waals surface area contributed by atoms with Crippen molar-refractivity contribution in [3.63, 3.8) is 0 Å². The highest BCUT2D eigenvalue weighted by Crippen LogP contribution is 2.36. The lowest BCUT2D eigenvalue weighted by Crippen LogP contribution is -2.24. The van der Waals surface area contributed by atoms with E-state index in [1.54, 1.807) is 42.5 Å². The normalized spacial score (nSPS) is 10.8. The van der Waals surface area contributed by atoms with E-state index in [1.165, 1.54) is 6.21 Å². The molecule has 0 aliphatic rings. The van der Waals surface area contributed by atoms with Gasteiger partial charge in [0.25, 0.3) is 5.91 Å². The molecule has 0 fully saturated rings. The maximum absolute atomic E-state index is 12.2. The molecule has 0 aliphatic heterocycles. The number of halogens is 4. The molecule has 0 aliphatic carbocycles. The number of benzene rings is 3. The Morgan fingerprint density at radius 3 is 2.25 bits per heavy atom. The van der Waals surface area contributed by atoms with E-state index in [1.807, 2.05) is 18.2 Å². The van der Waals surface area contributed by atoms with Gasteiger partial charge in [-0.25, -0.2) is 10.2 Å². The van der Waals surface area contributed by atoms with E-state index in [2.05, 4.69) is 74.2 Å². The Labute approximate surface area is 217 Å². The average molecular weight is 690 g/mol. The van der Waals surface area contributed by atoms with Crippen LogP contribution in [0.5, 0.6) is 11.5 Å². The van der Waals surface area contributed by atoms with Crippen LogP contribution in [0.1, 0.15) is 15.9 Å². The third-order valence-corrected chi connectivity index (χ3v) is 5.99. The molecule has 32 heavy (non-hydrogen) atoms. The highest BCUT2D eigenvalue weighted by Gasteiger charge is 2.11. The fraction of sp³-hybridized carbons (Fsp3) is 0.0455. The number of carbonyl (C=O) groups excluding carboxylic acids is 2. The smallest absolute Gasteiger partial charge is 0.343 e. The summed E-state index contributed by atoms with van der Waals surface area (Å²) in [6.45, 7) is -0.208. The van der Waals surface area contributed by atoms with Crippen LogP contribution < -0.4 is 14.9 Å². The minimum atomic E-state index is -0.455. The standard InChI is InChI=1S/C22H14Br4N2O4/c23-15-3-1-2-14(8-15)22(30)32-17-6-4-13(5-7-17)11-27-28-20(29)12-31-21-18(25)9-16(24)10-19(21)26/h1-11H,12H2,(H,28,29)/b27-11-. The van der Waals surface area contributed by atoms with Gasteiger partial charge in [-0.15, -0.1) is 0 Å². The minimum absolute atomic E-state index is 0.208. The molecule has 3 aromatic carbocycles. The highest BCUT2D eigenvalue weighted by molar-refractivity contribution is 9.11. The zero-order valence-electron chi connectivity index (χ0n) is 16.2. The maximum atomic E-state index is 12.2. The molecule has 164 valence electrons. The Bertz CT molecular complexity index is 1140. The first-order chi connectivity index (χ1) is 15.3. The van der Waals surface area contributed by atoms with Crippen molar-refractivity contribution in [2.45, 2.75) is 0 Å². The molecule has 0 saturated carbocycles. The first-order valence-corrected chi connectivity index (χ1v) is 12.2. The lowest BCUT2D eigenvalue weighted by atomic mass is 10.2. The molecule has 0 unspecified atom stereocenters. The van der Waals surface area contributed by atoms with Gasteiger partial charge in [0, 0.05) is 8.95 Å². The molecule has 0 bridgehead atoms. The van der Waals surface area contributed by atoms with Gasteiger partial charge < -0.3 is 9.47 Å². The molecule has 1 amide bonds. The number of amides is 1. The van der Waals surface area contributed by atoms with Gasteiger partial charge in [-0.05, 0) is 92.0 Å². The number of ether oxygens (including phenoxy) is 2. The first-order valence-electron chi connectivity index (χ1n) is 8.99. The summed E-state index contributed by atoms with van der Waals surface area (Å²) in [7, 11) is 0. The summed E-state index contributed by atoms with van der Waals surface area (Å²) in [5.41, 5.74) is 3.56. The van der Waals surface area contributed by atoms with Crippen molar-refractivity contribution in [2.24, 2.45) is 5.10 Å². The largest absolute Gasteiger partial charge is 0.481 e. The Balaban J connectivity index is 1.49. The molecule has 3 rings (SSSR count). The number of rotatable bonds is 7. The maximum Gasteiger partial charge on any atom is 0.343 e. The summed E-state index contributed by atoms with van der Waals surface area (Å²) in [5, 5.41) is 3.91. The Kier molecular flexibility index (Phi) is 9.03. The van der Waals surface area contributed by atoms with Gasteiger partial charge in [0.05, 0.1) is 20.7 Å². The van der Waals surface area contributed by atoms with Crippen LogP contribution >= 0.6 is 63.7 Å². The van der Waals surface area contributed by atoms with Crippen LogP contribution in [0.25, 0.3) is 0 Å². The summed E-state index contributed by atoms with van der Waals surface area (Å²) in [6, 6.07) is 17.3. The van der Waals surface area contributed by atoms with Gasteiger partial charge in [-0.3, -0.25) is 4.79 Å². The molecule has 0 heterocycles. The summed E-state index contributed by atoms with van der Waals surface area (Å²) in [6.07, 6.45) is 1.48. The molecular formula is C22H14Br4N2O4. The van der Waals surface area contributed by atoms with E-state index in [0.29, 0.717) is 31.6 Å². The highest BCUT2D eigenvalue weighted by atomic mass is 79.9. The van der Waals surface area contributed by atoms with Crippen LogP contribution in [0.4, 0.5) is 0 Å². The van der Waals surface area contributed by atoms with Crippen molar-refractivity contribution in [3.05, 3.63) is 89.7 Å². The first kappa shape index (κ1) is 24.6. The molecule has 0 spiro atoms. The summed E-state index contributed by atoms with van der Waals surface area (Å²) in [4.78, 5) is 24.2. The number of carbonyl (C=O) groups is 2. The predicted octanol–water partition coefficient (Wildman–Crippen LogP) is 6.48. The number of hydrogen-bond acceptors (Lipinski definition) is 5. The molecule has 0 aromatic heterocycles. The third-order valence-electron chi connectivity index (χ3n) is 3.86. The molecule has 1 N–H and O–H groups in total. The van der Waals surface area contributed by atoms with Crippen LogP contribution in [0, 0.1) is 0 Å². The SMILES string of the molecule is O=C(COc1c(Br)cc(Br)cc1Br)N/N=C\c1ccc(OC(=O)c2cccc(Br)c2)cc1. The van der Waals surface area contributed by atoms with Gasteiger partial charge >= 0.3 is 5.97 Å². The van der Waals surface area contributed by atoms with Gasteiger partial charge in [-0.1, -0.05) is 37.9 Å². The number of esters is 1. The minimum Gasteiger partial charge on any atom is -0.481 e. The second kappa shape index (κ2) is 11.7. The topological polar surface area (TPSA) is 77.0 Å². The second-order valence-electron chi connectivity index (χ2n) is 6.25. The van der Waals surface area contributed by atoms with Crippen LogP contribution in [-0.2, 0) is 4.79 Å². The predicted molar refractivity (Wildman–Crippen MR) is 136 cm³/mol. The average Bonchev–Trinajstić information content (AvgIpc) is 2.74. The quantitative estimate of drug-likeness (QED) is 0.133. The van der Waals surface area contributed by atoms with Crippen molar-refractivity contribution in [1.29, 1.82) is 0 Å². The number of nitrogens with one attached hydrogen (secondary N) is 1. The van der Waals surface area contributed by atoms with E-state index >= 15 is 0 Å². The number of hydrogen-bond donors (Lipinski definition) is 1. The van der Waals surface area contributed by atoms with Crippen LogP contribution in [0.3, 0.4) is 0 Å². The lowest BCUT2D eigenvalue weighted by molar-refractivity contribution is -0.123. The Hall–Kier alpha value is -2.01. The van der Waals surface area contributed by atoms with Crippen molar-refractivity contribution in [3.8, 4) is 11.5 Å². The summed E-state index contributed by atoms with van der Waals surface area (Å²) < 4.78 is 14.0. The summed E-state index contributed by atoms with van der Waals surface area (Å²) >= 11 is 13.5. The molecule has 6 nitrogen and oxygen atoms in total. The van der Waals surface area contributed by atoms with Crippen molar-refractivity contribution < 1.29 is 19.1 Å². The molecule has 0 atom stereocenters. The molecule has 3 aromatic rings. The van der Waals surface area contributed by atoms with Gasteiger partial charge in [0.1, 0.15) is 11.5 Å². The summed E-state index contributed by atoms with van der Waals surface area (Å²) in [5.74, 6) is 0.0436. The zero-order valence-corrected chi connectivity index (χ0v) is 22.5. The van der Waals surface area contributed by atoms with Crippen LogP contribution in [0.2, 0.25) is 0 Å². The monoisotopic (exact) mass is 686 g/mol. The van der Waals surface area contributed by atoms with E-state index in [9.17, 15) is 9.59 Å². The third kappa shape index (κ3) is 7.26. The Morgan fingerprint density at radius 2 is 1.59 bits per heavy atom. The Morgan fingerprint density at radius 1 is 0.906 bits per heavy atom. The van der Waals surface area contributed by atoms with Crippen LogP contribution in [0.15, 0.2) is 83.7 Å². The van der Waals surface area contributed by atoms with E-state index in [4.69, 9.17) is 9.47 Å². The van der Waals surface area contributed by atoms with Gasteiger partial charge in [-0.2, -0.15) is 5.10 Å². The fourth-order valence-electron chi connectivity index (χ4n) is 2.42. The number of hydrazone groups is 1. The lowest BCUT2D eigenvalue weighted by Gasteiger charge is -2.09. The molecule has 0 radical (unpaired) electrons. The molecular weight excluding hydrogens is 676 g/mol. The van der Waals surface area contributed by atoms with E-state index in [-0.39, 0.29) is 6.61 Å². The van der Waals surface area contributed by atoms with Crippen molar-refractivity contribution >= 4 is 81.8 Å². The van der Waals surface area contributed by atoms with Gasteiger partial charge in [0.15, 0.2) is 6.61 Å². The van der Waals surface area contributed by atoms with Crippen LogP contribution in [-0.4, -0.2) is 24.7 Å². The fourth-order valence-corrected chi connectivity index (χ4v) is 5.31. The molecule has 0 saturated heterocycles. The van der Waals surface area contributed by atoms with Crippen molar-refractivity contribution in [1.82, 2.24) is 5.43 Å². The number of nitrogens with zero attached hydrogens (tertiary/aromatic N) is 1. The van der Waals surface area contributed by atoms with Crippen molar-refractivity contribution in [2.75, 3.05) is 6.61 Å². The second-order valence-corrected chi connectivity index (χ2v) is 9.79.